The average Bonchev–Trinajstić information content (AvgIpc) is 2.53. The third-order valence-corrected chi connectivity index (χ3v) is 4.22. The molecule has 1 nitrogen and oxygen atoms in total. The van der Waals surface area contributed by atoms with E-state index in [1.165, 1.54) is 23.1 Å². The number of aryl methyl sites for hydroxylation is 2. The monoisotopic (exact) mass is 203 g/mol. The predicted octanol–water partition coefficient (Wildman–Crippen LogP) is 2.94. The molecule has 0 spiro atoms. The molecule has 1 saturated heterocycles. The Morgan fingerprint density at radius 3 is 2.53 bits per heavy atom. The maximum absolute atomic E-state index is 3.54. The van der Waals surface area contributed by atoms with Gasteiger partial charge in [-0.3, -0.25) is 0 Å². The summed E-state index contributed by atoms with van der Waals surface area (Å²) in [6, 6.07) is 7.49. The molecule has 2 atom stereocenters. The van der Waals surface area contributed by atoms with E-state index in [0.29, 0.717) is 11.5 Å². The zero-order chi connectivity index (χ0) is 11.1. The molecule has 1 heterocycles. The molecular formula is C14H21N. The number of hydrogen-bond acceptors (Lipinski definition) is 1. The summed E-state index contributed by atoms with van der Waals surface area (Å²) in [6.45, 7) is 10.2. The van der Waals surface area contributed by atoms with Gasteiger partial charge in [0.25, 0.3) is 0 Å². The van der Waals surface area contributed by atoms with E-state index in [1.54, 1.807) is 0 Å². The first kappa shape index (κ1) is 10.7. The lowest BCUT2D eigenvalue weighted by Crippen LogP contribution is -2.35. The van der Waals surface area contributed by atoms with Gasteiger partial charge < -0.3 is 5.32 Å². The fourth-order valence-corrected chi connectivity index (χ4v) is 2.48. The molecule has 2 rings (SSSR count). The summed E-state index contributed by atoms with van der Waals surface area (Å²) in [4.78, 5) is 0. The molecule has 0 aromatic heterocycles. The average molecular weight is 203 g/mol. The standard InChI is InChI=1S/C14H21N/c1-10-5-6-13(9-11(10)2)14(4)7-8-15-12(14)3/h5-6,9,12,15H,7-8H2,1-4H3. The van der Waals surface area contributed by atoms with Crippen molar-refractivity contribution in [3.8, 4) is 0 Å². The van der Waals surface area contributed by atoms with Gasteiger partial charge in [0, 0.05) is 11.5 Å². The lowest BCUT2D eigenvalue weighted by molar-refractivity contribution is 0.427. The Hall–Kier alpha value is -0.820. The van der Waals surface area contributed by atoms with Crippen molar-refractivity contribution in [1.29, 1.82) is 0 Å². The van der Waals surface area contributed by atoms with Crippen LogP contribution in [0.1, 0.15) is 37.0 Å². The van der Waals surface area contributed by atoms with Gasteiger partial charge in [-0.25, -0.2) is 0 Å². The van der Waals surface area contributed by atoms with E-state index >= 15 is 0 Å². The summed E-state index contributed by atoms with van der Waals surface area (Å²) in [5.74, 6) is 0. The molecule has 0 bridgehead atoms. The summed E-state index contributed by atoms with van der Waals surface area (Å²) >= 11 is 0. The number of nitrogens with one attached hydrogen (secondary N) is 1. The second-order valence-corrected chi connectivity index (χ2v) is 5.14. The first-order valence-electron chi connectivity index (χ1n) is 5.85. The van der Waals surface area contributed by atoms with Gasteiger partial charge in [0.05, 0.1) is 0 Å². The third kappa shape index (κ3) is 1.69. The molecule has 1 aliphatic heterocycles. The SMILES string of the molecule is Cc1ccc(C2(C)CCNC2C)cc1C. The van der Waals surface area contributed by atoms with Crippen molar-refractivity contribution in [3.05, 3.63) is 34.9 Å². The highest BCUT2D eigenvalue weighted by Crippen LogP contribution is 2.35. The van der Waals surface area contributed by atoms with Crippen LogP contribution in [0.2, 0.25) is 0 Å². The molecule has 1 N–H and O–H groups in total. The minimum Gasteiger partial charge on any atom is -0.313 e. The summed E-state index contributed by atoms with van der Waals surface area (Å²) in [7, 11) is 0. The minimum absolute atomic E-state index is 0.318. The fourth-order valence-electron chi connectivity index (χ4n) is 2.48. The Labute approximate surface area is 92.9 Å². The second kappa shape index (κ2) is 3.64. The highest BCUT2D eigenvalue weighted by atomic mass is 15.0. The lowest BCUT2D eigenvalue weighted by Gasteiger charge is -2.29. The second-order valence-electron chi connectivity index (χ2n) is 5.14. The zero-order valence-electron chi connectivity index (χ0n) is 10.2. The Kier molecular flexibility index (Phi) is 2.59. The van der Waals surface area contributed by atoms with Gasteiger partial charge in [-0.15, -0.1) is 0 Å². The lowest BCUT2D eigenvalue weighted by atomic mass is 9.76. The Morgan fingerprint density at radius 1 is 1.27 bits per heavy atom. The summed E-state index contributed by atoms with van der Waals surface area (Å²) in [6.07, 6.45) is 1.25. The number of benzene rings is 1. The maximum atomic E-state index is 3.54. The molecule has 2 unspecified atom stereocenters. The molecule has 15 heavy (non-hydrogen) atoms. The van der Waals surface area contributed by atoms with Gasteiger partial charge in [-0.2, -0.15) is 0 Å². The van der Waals surface area contributed by atoms with E-state index in [9.17, 15) is 0 Å². The molecule has 0 radical (unpaired) electrons. The van der Waals surface area contributed by atoms with Crippen LogP contribution in [0.5, 0.6) is 0 Å². The molecule has 1 heteroatoms. The summed E-state index contributed by atoms with van der Waals surface area (Å²) < 4.78 is 0. The topological polar surface area (TPSA) is 12.0 Å². The van der Waals surface area contributed by atoms with Crippen molar-refractivity contribution in [2.45, 2.75) is 45.6 Å². The predicted molar refractivity (Wildman–Crippen MR) is 65.3 cm³/mol. The molecule has 82 valence electrons. The summed E-state index contributed by atoms with van der Waals surface area (Å²) in [5.41, 5.74) is 4.61. The van der Waals surface area contributed by atoms with Crippen LogP contribution in [0.25, 0.3) is 0 Å². The number of hydrogen-bond donors (Lipinski definition) is 1. The van der Waals surface area contributed by atoms with Gasteiger partial charge >= 0.3 is 0 Å². The smallest absolute Gasteiger partial charge is 0.0133 e. The van der Waals surface area contributed by atoms with Crippen molar-refractivity contribution in [2.75, 3.05) is 6.54 Å². The highest BCUT2D eigenvalue weighted by Gasteiger charge is 2.37. The quantitative estimate of drug-likeness (QED) is 0.740. The largest absolute Gasteiger partial charge is 0.313 e. The van der Waals surface area contributed by atoms with Crippen LogP contribution in [-0.2, 0) is 5.41 Å². The van der Waals surface area contributed by atoms with E-state index in [1.807, 2.05) is 0 Å². The number of rotatable bonds is 1. The normalized spacial score (nSPS) is 30.8. The Bertz CT molecular complexity index is 370. The van der Waals surface area contributed by atoms with E-state index in [2.05, 4.69) is 51.2 Å². The zero-order valence-corrected chi connectivity index (χ0v) is 10.2. The Morgan fingerprint density at radius 2 is 2.00 bits per heavy atom. The maximum Gasteiger partial charge on any atom is 0.0133 e. The van der Waals surface area contributed by atoms with Crippen LogP contribution >= 0.6 is 0 Å². The van der Waals surface area contributed by atoms with Crippen LogP contribution in [0.4, 0.5) is 0 Å². The molecule has 1 aromatic rings. The first-order chi connectivity index (χ1) is 7.04. The van der Waals surface area contributed by atoms with Crippen LogP contribution in [-0.4, -0.2) is 12.6 Å². The molecular weight excluding hydrogens is 182 g/mol. The molecule has 0 amide bonds. The van der Waals surface area contributed by atoms with Crippen molar-refractivity contribution < 1.29 is 0 Å². The van der Waals surface area contributed by atoms with Crippen LogP contribution in [0.3, 0.4) is 0 Å². The highest BCUT2D eigenvalue weighted by molar-refractivity contribution is 5.36. The van der Waals surface area contributed by atoms with Gasteiger partial charge in [0.1, 0.15) is 0 Å². The molecule has 1 aromatic carbocycles. The van der Waals surface area contributed by atoms with Crippen molar-refractivity contribution in [3.63, 3.8) is 0 Å². The Balaban J connectivity index is 2.40. The summed E-state index contributed by atoms with van der Waals surface area (Å²) in [5, 5.41) is 3.54. The van der Waals surface area contributed by atoms with Crippen molar-refractivity contribution in [1.82, 2.24) is 5.32 Å². The van der Waals surface area contributed by atoms with E-state index in [0.717, 1.165) is 6.54 Å². The molecule has 1 aliphatic rings. The molecule has 0 saturated carbocycles. The van der Waals surface area contributed by atoms with E-state index in [-0.39, 0.29) is 0 Å². The fraction of sp³-hybridized carbons (Fsp3) is 0.571. The van der Waals surface area contributed by atoms with E-state index in [4.69, 9.17) is 0 Å². The van der Waals surface area contributed by atoms with Gasteiger partial charge in [0.15, 0.2) is 0 Å². The van der Waals surface area contributed by atoms with Gasteiger partial charge in [-0.1, -0.05) is 25.1 Å². The minimum atomic E-state index is 0.318. The third-order valence-electron chi connectivity index (χ3n) is 4.22. The van der Waals surface area contributed by atoms with Gasteiger partial charge in [-0.05, 0) is 50.4 Å². The van der Waals surface area contributed by atoms with Crippen LogP contribution in [0, 0.1) is 13.8 Å². The van der Waals surface area contributed by atoms with E-state index < -0.39 is 0 Å². The van der Waals surface area contributed by atoms with Gasteiger partial charge in [0.2, 0.25) is 0 Å². The van der Waals surface area contributed by atoms with Crippen LogP contribution in [0.15, 0.2) is 18.2 Å². The first-order valence-corrected chi connectivity index (χ1v) is 5.85. The molecule has 1 fully saturated rings. The van der Waals surface area contributed by atoms with Crippen molar-refractivity contribution >= 4 is 0 Å². The van der Waals surface area contributed by atoms with Crippen molar-refractivity contribution in [2.24, 2.45) is 0 Å². The molecule has 0 aliphatic carbocycles. The van der Waals surface area contributed by atoms with Crippen LogP contribution < -0.4 is 5.32 Å².